The van der Waals surface area contributed by atoms with E-state index >= 15 is 0 Å². The number of phosphoric ester groups is 1. The number of fused-ring (bicyclic) bond motifs is 3. The predicted molar refractivity (Wildman–Crippen MR) is 263 cm³/mol. The Labute approximate surface area is 435 Å². The summed E-state index contributed by atoms with van der Waals surface area (Å²) >= 11 is 0. The number of anilines is 2. The highest BCUT2D eigenvalue weighted by molar-refractivity contribution is 7.86. The van der Waals surface area contributed by atoms with Crippen molar-refractivity contribution in [2.24, 2.45) is 0 Å². The van der Waals surface area contributed by atoms with Crippen molar-refractivity contribution in [3.63, 3.8) is 0 Å². The first kappa shape index (κ1) is 59.0. The summed E-state index contributed by atoms with van der Waals surface area (Å²) in [7, 11) is -26.0. The van der Waals surface area contributed by atoms with Crippen molar-refractivity contribution in [1.29, 1.82) is 0 Å². The molecule has 418 valence electrons. The lowest BCUT2D eigenvalue weighted by Gasteiger charge is -2.23. The number of benzene rings is 3. The molecule has 0 spiro atoms. The lowest BCUT2D eigenvalue weighted by Crippen LogP contribution is -2.47. The third kappa shape index (κ3) is 14.0. The summed E-state index contributed by atoms with van der Waals surface area (Å²) in [5.41, 5.74) is 5.43. The molecule has 31 nitrogen and oxygen atoms in total. The van der Waals surface area contributed by atoms with E-state index in [1.165, 1.54) is 59.5 Å². The summed E-state index contributed by atoms with van der Waals surface area (Å²) in [5.74, 6) is -1.09. The summed E-state index contributed by atoms with van der Waals surface area (Å²) in [6.45, 7) is -0.0980. The molecule has 0 radical (unpaired) electrons. The Morgan fingerprint density at radius 3 is 2.27 bits per heavy atom. The van der Waals surface area contributed by atoms with Crippen LogP contribution in [0.15, 0.2) is 75.4 Å². The lowest BCUT2D eigenvalue weighted by molar-refractivity contribution is -0.176. The van der Waals surface area contributed by atoms with E-state index < -0.39 is 113 Å². The second kappa shape index (κ2) is 23.3. The maximum absolute atomic E-state index is 14.1. The Kier molecular flexibility index (Phi) is 17.9. The molecule has 2 amide bonds. The average Bonchev–Trinajstić information content (AvgIpc) is 3.99. The number of phosphoric acid groups is 3. The number of rotatable bonds is 24. The number of carbonyl (C=O) groups is 2. The minimum atomic E-state index is -5.80. The van der Waals surface area contributed by atoms with Gasteiger partial charge in [-0.3, -0.25) is 28.6 Å². The molecule has 4 aromatic rings. The van der Waals surface area contributed by atoms with E-state index in [0.717, 1.165) is 18.9 Å². The molecule has 2 aromatic carbocycles. The molecule has 77 heavy (non-hydrogen) atoms. The first-order valence-electron chi connectivity index (χ1n) is 22.6. The lowest BCUT2D eigenvalue weighted by atomic mass is 9.90. The van der Waals surface area contributed by atoms with Crippen LogP contribution in [0.2, 0.25) is 0 Å². The van der Waals surface area contributed by atoms with Crippen LogP contribution in [-0.4, -0.2) is 144 Å². The van der Waals surface area contributed by atoms with Gasteiger partial charge in [0.25, 0.3) is 5.91 Å². The van der Waals surface area contributed by atoms with Gasteiger partial charge in [0, 0.05) is 61.2 Å². The van der Waals surface area contributed by atoms with Crippen molar-refractivity contribution >= 4 is 89.2 Å². The smallest absolute Gasteiger partial charge is 0.490 e. The van der Waals surface area contributed by atoms with Crippen molar-refractivity contribution in [2.75, 3.05) is 44.3 Å². The van der Waals surface area contributed by atoms with Crippen LogP contribution in [0, 0.1) is 0 Å². The zero-order valence-corrected chi connectivity index (χ0v) is 44.3. The molecule has 4 heterocycles. The number of carbonyl (C=O) groups excluding carboxylic acids is 2. The Morgan fingerprint density at radius 2 is 1.58 bits per heavy atom. The first-order valence-corrected chi connectivity index (χ1v) is 30.0. The Morgan fingerprint density at radius 1 is 0.883 bits per heavy atom. The van der Waals surface area contributed by atoms with Crippen LogP contribution in [0.5, 0.6) is 0 Å². The van der Waals surface area contributed by atoms with E-state index in [1.807, 2.05) is 0 Å². The van der Waals surface area contributed by atoms with Crippen LogP contribution in [-0.2, 0) is 56.6 Å². The number of aromatic nitrogens is 4. The van der Waals surface area contributed by atoms with Gasteiger partial charge in [-0.1, -0.05) is 31.0 Å². The number of ether oxygens (including phenoxy) is 1. The maximum atomic E-state index is 14.1. The quantitative estimate of drug-likeness (QED) is 0.0128. The highest BCUT2D eigenvalue weighted by Crippen LogP contribution is 2.66. The van der Waals surface area contributed by atoms with Gasteiger partial charge < -0.3 is 64.8 Å². The van der Waals surface area contributed by atoms with Crippen molar-refractivity contribution in [2.45, 2.75) is 72.9 Å². The molecule has 1 fully saturated rings. The zero-order chi connectivity index (χ0) is 56.4. The Balaban J connectivity index is 0.876. The minimum absolute atomic E-state index is 0.0162. The highest BCUT2D eigenvalue weighted by atomic mass is 32.2. The number of aliphatic hydroxyl groups is 2. The van der Waals surface area contributed by atoms with Crippen molar-refractivity contribution < 1.29 is 107 Å². The predicted octanol–water partition coefficient (Wildman–Crippen LogP) is 0.341. The molecule has 1 saturated heterocycles. The molecule has 0 bridgehead atoms. The van der Waals surface area contributed by atoms with Crippen LogP contribution < -0.4 is 27.1 Å². The van der Waals surface area contributed by atoms with Crippen molar-refractivity contribution in [3.8, 4) is 22.5 Å². The molecule has 7 rings (SSSR count). The normalized spacial score (nSPS) is 18.8. The summed E-state index contributed by atoms with van der Waals surface area (Å²) in [6.07, 6.45) is -0.838. The average molecular weight is 1180 g/mol. The molecule has 13 N–H and O–H groups in total. The Bertz CT molecular complexity index is 3640. The summed E-state index contributed by atoms with van der Waals surface area (Å²) in [6, 6.07) is 11.1. The zero-order valence-electron chi connectivity index (χ0n) is 40.0. The summed E-state index contributed by atoms with van der Waals surface area (Å²) in [4.78, 5) is 75.5. The van der Waals surface area contributed by atoms with Gasteiger partial charge in [-0.2, -0.15) is 17.0 Å². The van der Waals surface area contributed by atoms with Gasteiger partial charge in [-0.05, 0) is 49.1 Å². The third-order valence-corrected chi connectivity index (χ3v) is 17.4. The number of aliphatic hydroxyl groups excluding tert-OH is 2. The fourth-order valence-electron chi connectivity index (χ4n) is 8.35. The van der Waals surface area contributed by atoms with Crippen molar-refractivity contribution in [1.82, 2.24) is 29.7 Å². The van der Waals surface area contributed by atoms with Gasteiger partial charge in [-0.25, -0.2) is 37.1 Å². The van der Waals surface area contributed by atoms with Crippen LogP contribution in [0.4, 0.5) is 11.5 Å². The molecule has 1 aliphatic carbocycles. The number of nitrogens with two attached hydrogens (primary N) is 2. The van der Waals surface area contributed by atoms with E-state index in [4.69, 9.17) is 30.1 Å². The van der Waals surface area contributed by atoms with Crippen LogP contribution >= 0.6 is 23.5 Å². The molecule has 2 unspecified atom stereocenters. The standard InChI is InChI=1S/C41H50N9O22P3S2/c1-49(40(54)23-10-5-4-9-22(23)30-24-12-14-26(42)36(76(62,63)64)34(24)70-35-25(30)13-15-27(43)37(35)77(65,66)67)18-8-11-29(51)44-16-6-2-3-7-17-45-38-31-39(47-20-46-38)50(21-48-31)41-33(53)32(52)28(69-41)19-68-74(58,59)72-75(60,61)71-73(55,56)57/h4-5,9-10,12-15,20-21,28,32-33,41-42,52-53H,2-3,6-8,11,16-19,43H2,1H3,(H,44,51)(H,58,59)(H,60,61)(H,45,46,47)(H2,55,56,57)(H,62,63,64)(H,65,66,67)/t28-,32-,33-,41-/m1/s1. The number of hydrogen-bond donors (Lipinski definition) is 11. The van der Waals surface area contributed by atoms with Gasteiger partial charge >= 0.3 is 33.6 Å². The van der Waals surface area contributed by atoms with Crippen molar-refractivity contribution in [3.05, 3.63) is 72.1 Å². The Hall–Kier alpha value is -5.67. The van der Waals surface area contributed by atoms with E-state index in [9.17, 15) is 69.2 Å². The van der Waals surface area contributed by atoms with Crippen LogP contribution in [0.25, 0.3) is 44.6 Å². The number of amides is 2. The van der Waals surface area contributed by atoms with Gasteiger partial charge in [-0.15, -0.1) is 0 Å². The first-order chi connectivity index (χ1) is 36.0. The highest BCUT2D eigenvalue weighted by Gasteiger charge is 2.47. The van der Waals surface area contributed by atoms with E-state index in [0.29, 0.717) is 31.7 Å². The van der Waals surface area contributed by atoms with Gasteiger partial charge in [0.15, 0.2) is 34.6 Å². The third-order valence-electron chi connectivity index (χ3n) is 11.7. The number of imidazole rings is 1. The number of nitrogen functional groups attached to an aromatic ring is 1. The SMILES string of the molecule is CN(CCCC(=O)NCCCCCCNc1ncnc2c1ncn2[C@@H]1O[C@H](COP(=O)(O)OP(=O)(O)OP(=O)(O)O)[C@@H](O)[C@H]1O)C(=O)c1ccccc1-c1c2ccc(=[NH2+])c(S(=O)(=O)O)c-2oc2c(S(=O)(=O)[O-])c(N)ccc12. The molecule has 0 saturated carbocycles. The number of unbranched alkanes of at least 4 members (excludes halogenated alkanes) is 3. The fraction of sp³-hybridized carbons (Fsp3) is 0.366. The van der Waals surface area contributed by atoms with Crippen LogP contribution in [0.1, 0.15) is 55.1 Å². The maximum Gasteiger partial charge on any atom is 0.490 e. The largest absolute Gasteiger partial charge is 0.744 e. The van der Waals surface area contributed by atoms with Gasteiger partial charge in [0.05, 0.1) is 18.6 Å². The van der Waals surface area contributed by atoms with E-state index in [-0.39, 0.29) is 64.1 Å². The number of hydrogen-bond acceptors (Lipinski definition) is 22. The molecule has 3 aliphatic rings. The molecule has 6 atom stereocenters. The topological polar surface area (TPSA) is 491 Å². The van der Waals surface area contributed by atoms with E-state index in [1.54, 1.807) is 12.1 Å². The monoisotopic (exact) mass is 1180 g/mol. The van der Waals surface area contributed by atoms with E-state index in [2.05, 4.69) is 38.7 Å². The number of nitrogens with zero attached hydrogens (tertiary/aromatic N) is 5. The summed E-state index contributed by atoms with van der Waals surface area (Å²) < 4.78 is 132. The molecule has 36 heteroatoms. The van der Waals surface area contributed by atoms with Gasteiger partial charge in [0.1, 0.15) is 39.7 Å². The second-order valence-electron chi connectivity index (χ2n) is 17.2. The number of nitrogens with one attached hydrogen (secondary N) is 2. The minimum Gasteiger partial charge on any atom is -0.744 e. The van der Waals surface area contributed by atoms with Gasteiger partial charge in [0.2, 0.25) is 16.2 Å². The second-order valence-corrected chi connectivity index (χ2v) is 24.3. The summed E-state index contributed by atoms with van der Waals surface area (Å²) in [5, 5.41) is 32.8. The fourth-order valence-corrected chi connectivity index (χ4v) is 12.9. The van der Waals surface area contributed by atoms with Crippen LogP contribution in [0.3, 0.4) is 0 Å². The molecule has 2 aliphatic heterocycles. The molecular formula is C41H50N9O22P3S2. The molecule has 2 aromatic heterocycles. The molecular weight excluding hydrogens is 1130 g/mol.